The number of halogens is 4. The Hall–Kier alpha value is -1.17. The lowest BCUT2D eigenvalue weighted by atomic mass is 10.3. The van der Waals surface area contributed by atoms with E-state index in [1.54, 1.807) is 0 Å². The highest BCUT2D eigenvalue weighted by molar-refractivity contribution is 5.15. The first-order valence-corrected chi connectivity index (χ1v) is 3.28. The number of aliphatic hydroxyl groups excluding tert-OH is 1. The van der Waals surface area contributed by atoms with E-state index in [4.69, 9.17) is 5.11 Å². The molecular weight excluding hydrogens is 190 g/mol. The molecule has 0 aromatic carbocycles. The topological polar surface area (TPSA) is 33.1 Å². The molecule has 0 unspecified atom stereocenters. The summed E-state index contributed by atoms with van der Waals surface area (Å²) in [6.45, 7) is -0.649. The molecule has 0 atom stereocenters. The van der Waals surface area contributed by atoms with Gasteiger partial charge in [-0.3, -0.25) is 0 Å². The Morgan fingerprint density at radius 2 is 1.92 bits per heavy atom. The van der Waals surface area contributed by atoms with Crippen molar-refractivity contribution in [2.24, 2.45) is 0 Å². The first kappa shape index (κ1) is 9.91. The van der Waals surface area contributed by atoms with Crippen molar-refractivity contribution in [2.45, 2.75) is 12.8 Å². The number of pyridine rings is 1. The van der Waals surface area contributed by atoms with Crippen molar-refractivity contribution >= 4 is 0 Å². The van der Waals surface area contributed by atoms with Gasteiger partial charge < -0.3 is 5.11 Å². The van der Waals surface area contributed by atoms with Gasteiger partial charge in [-0.1, -0.05) is 0 Å². The summed E-state index contributed by atoms with van der Waals surface area (Å²) in [5.41, 5.74) is -1.81. The van der Waals surface area contributed by atoms with Gasteiger partial charge >= 0.3 is 6.18 Å². The molecule has 1 N–H and O–H groups in total. The zero-order valence-corrected chi connectivity index (χ0v) is 6.27. The van der Waals surface area contributed by atoms with E-state index in [9.17, 15) is 17.6 Å². The molecule has 1 aromatic heterocycles. The van der Waals surface area contributed by atoms with E-state index in [-0.39, 0.29) is 5.69 Å². The van der Waals surface area contributed by atoms with Crippen LogP contribution in [0.5, 0.6) is 0 Å². The smallest absolute Gasteiger partial charge is 0.390 e. The van der Waals surface area contributed by atoms with Gasteiger partial charge in [0.15, 0.2) is 11.5 Å². The number of nitrogens with zero attached hydrogens (tertiary/aromatic N) is 1. The molecule has 0 amide bonds. The Morgan fingerprint density at radius 1 is 1.31 bits per heavy atom. The second-order valence-electron chi connectivity index (χ2n) is 2.29. The van der Waals surface area contributed by atoms with Crippen molar-refractivity contribution in [1.29, 1.82) is 0 Å². The largest absolute Gasteiger partial charge is 0.436 e. The second-order valence-corrected chi connectivity index (χ2v) is 2.29. The maximum absolute atomic E-state index is 12.5. The number of aromatic nitrogens is 1. The molecule has 72 valence electrons. The molecule has 0 spiro atoms. The van der Waals surface area contributed by atoms with Crippen LogP contribution in [0.3, 0.4) is 0 Å². The summed E-state index contributed by atoms with van der Waals surface area (Å²) in [7, 11) is 0. The van der Waals surface area contributed by atoms with Crippen molar-refractivity contribution in [3.05, 3.63) is 29.3 Å². The fourth-order valence-corrected chi connectivity index (χ4v) is 0.769. The minimum atomic E-state index is -4.82. The van der Waals surface area contributed by atoms with Crippen molar-refractivity contribution in [3.8, 4) is 0 Å². The quantitative estimate of drug-likeness (QED) is 0.692. The maximum atomic E-state index is 12.5. The molecule has 1 rings (SSSR count). The first-order valence-electron chi connectivity index (χ1n) is 3.28. The summed E-state index contributed by atoms with van der Waals surface area (Å²) in [4.78, 5) is 2.91. The molecule has 0 fully saturated rings. The third kappa shape index (κ3) is 2.15. The average Bonchev–Trinajstić information content (AvgIpc) is 2.03. The number of rotatable bonds is 1. The third-order valence-electron chi connectivity index (χ3n) is 1.33. The van der Waals surface area contributed by atoms with Gasteiger partial charge in [0.1, 0.15) is 0 Å². The normalized spacial score (nSPS) is 11.8. The standard InChI is InChI=1S/C7H5F4NO/c8-5-2-1-4(3-13)12-6(5)7(9,10)11/h1-2,13H,3H2. The third-order valence-corrected chi connectivity index (χ3v) is 1.33. The van der Waals surface area contributed by atoms with E-state index < -0.39 is 24.3 Å². The molecule has 1 aromatic rings. The van der Waals surface area contributed by atoms with E-state index in [0.29, 0.717) is 6.07 Å². The summed E-state index contributed by atoms with van der Waals surface area (Å²) in [5, 5.41) is 8.47. The van der Waals surface area contributed by atoms with Crippen molar-refractivity contribution in [1.82, 2.24) is 4.98 Å². The molecular formula is C7H5F4NO. The van der Waals surface area contributed by atoms with Crippen LogP contribution in [-0.4, -0.2) is 10.1 Å². The Labute approximate surface area is 70.8 Å². The Kier molecular flexibility index (Phi) is 2.51. The Bertz CT molecular complexity index is 310. The molecule has 2 nitrogen and oxygen atoms in total. The molecule has 13 heavy (non-hydrogen) atoms. The molecule has 0 saturated carbocycles. The summed E-state index contributed by atoms with van der Waals surface area (Å²) in [5.74, 6) is -1.44. The Balaban J connectivity index is 3.19. The van der Waals surface area contributed by atoms with Crippen LogP contribution in [0.4, 0.5) is 17.6 Å². The number of hydrogen-bond acceptors (Lipinski definition) is 2. The van der Waals surface area contributed by atoms with Crippen molar-refractivity contribution in [2.75, 3.05) is 0 Å². The van der Waals surface area contributed by atoms with Gasteiger partial charge in [0.25, 0.3) is 0 Å². The van der Waals surface area contributed by atoms with Crippen LogP contribution in [0.25, 0.3) is 0 Å². The minimum absolute atomic E-state index is 0.214. The van der Waals surface area contributed by atoms with Crippen LogP contribution >= 0.6 is 0 Å². The summed E-state index contributed by atoms with van der Waals surface area (Å²) in [6.07, 6.45) is -4.82. The highest BCUT2D eigenvalue weighted by Gasteiger charge is 2.36. The maximum Gasteiger partial charge on any atom is 0.436 e. The van der Waals surface area contributed by atoms with Gasteiger partial charge in [-0.05, 0) is 12.1 Å². The van der Waals surface area contributed by atoms with E-state index in [1.807, 2.05) is 0 Å². The molecule has 0 bridgehead atoms. The first-order chi connectivity index (χ1) is 5.95. The van der Waals surface area contributed by atoms with Crippen molar-refractivity contribution < 1.29 is 22.7 Å². The molecule has 6 heteroatoms. The van der Waals surface area contributed by atoms with Gasteiger partial charge in [0.05, 0.1) is 12.3 Å². The van der Waals surface area contributed by atoms with Gasteiger partial charge in [-0.25, -0.2) is 9.37 Å². The zero-order chi connectivity index (χ0) is 10.1. The molecule has 0 saturated heterocycles. The fraction of sp³-hybridized carbons (Fsp3) is 0.286. The zero-order valence-electron chi connectivity index (χ0n) is 6.27. The van der Waals surface area contributed by atoms with E-state index in [1.165, 1.54) is 0 Å². The number of hydrogen-bond donors (Lipinski definition) is 1. The van der Waals surface area contributed by atoms with Crippen LogP contribution in [0.2, 0.25) is 0 Å². The van der Waals surface area contributed by atoms with Crippen LogP contribution in [0, 0.1) is 5.82 Å². The summed E-state index contributed by atoms with van der Waals surface area (Å²) < 4.78 is 48.5. The predicted octanol–water partition coefficient (Wildman–Crippen LogP) is 1.73. The Morgan fingerprint density at radius 3 is 2.38 bits per heavy atom. The minimum Gasteiger partial charge on any atom is -0.390 e. The lowest BCUT2D eigenvalue weighted by Crippen LogP contribution is -2.12. The molecule has 0 aliphatic carbocycles. The fourth-order valence-electron chi connectivity index (χ4n) is 0.769. The van der Waals surface area contributed by atoms with Crippen LogP contribution < -0.4 is 0 Å². The van der Waals surface area contributed by atoms with E-state index in [2.05, 4.69) is 4.98 Å². The number of aliphatic hydroxyl groups is 1. The van der Waals surface area contributed by atoms with E-state index >= 15 is 0 Å². The van der Waals surface area contributed by atoms with Crippen LogP contribution in [-0.2, 0) is 12.8 Å². The molecule has 0 aliphatic rings. The van der Waals surface area contributed by atoms with Crippen LogP contribution in [0.1, 0.15) is 11.4 Å². The molecule has 0 aliphatic heterocycles. The van der Waals surface area contributed by atoms with Crippen molar-refractivity contribution in [3.63, 3.8) is 0 Å². The lowest BCUT2D eigenvalue weighted by Gasteiger charge is -2.07. The monoisotopic (exact) mass is 195 g/mol. The average molecular weight is 195 g/mol. The SMILES string of the molecule is OCc1ccc(F)c(C(F)(F)F)n1. The molecule has 0 radical (unpaired) electrons. The molecule has 1 heterocycles. The number of alkyl halides is 3. The summed E-state index contributed by atoms with van der Waals surface area (Å²) in [6, 6.07) is 1.62. The lowest BCUT2D eigenvalue weighted by molar-refractivity contribution is -0.143. The van der Waals surface area contributed by atoms with E-state index in [0.717, 1.165) is 6.07 Å². The van der Waals surface area contributed by atoms with Gasteiger partial charge in [0, 0.05) is 0 Å². The van der Waals surface area contributed by atoms with Gasteiger partial charge in [-0.15, -0.1) is 0 Å². The predicted molar refractivity (Wildman–Crippen MR) is 35.1 cm³/mol. The van der Waals surface area contributed by atoms with Crippen LogP contribution in [0.15, 0.2) is 12.1 Å². The highest BCUT2D eigenvalue weighted by atomic mass is 19.4. The van der Waals surface area contributed by atoms with Gasteiger partial charge in [-0.2, -0.15) is 13.2 Å². The summed E-state index contributed by atoms with van der Waals surface area (Å²) >= 11 is 0. The highest BCUT2D eigenvalue weighted by Crippen LogP contribution is 2.29. The second kappa shape index (κ2) is 3.29. The van der Waals surface area contributed by atoms with Gasteiger partial charge in [0.2, 0.25) is 0 Å².